The second kappa shape index (κ2) is 8.73. The van der Waals surface area contributed by atoms with E-state index >= 15 is 0 Å². The number of aliphatic imine (C=N–C) groups is 2. The number of unbranched alkanes of at least 4 members (excludes halogenated alkanes) is 1. The Morgan fingerprint density at radius 1 is 1.17 bits per heavy atom. The molecule has 154 valence electrons. The van der Waals surface area contributed by atoms with Crippen molar-refractivity contribution in [2.75, 3.05) is 11.6 Å². The van der Waals surface area contributed by atoms with Crippen molar-refractivity contribution in [3.63, 3.8) is 0 Å². The zero-order chi connectivity index (χ0) is 21.0. The van der Waals surface area contributed by atoms with E-state index in [9.17, 15) is 13.2 Å². The number of nitrogens with zero attached hydrogens (tertiary/aromatic N) is 5. The number of amides is 1. The number of rotatable bonds is 9. The molecule has 0 aliphatic carbocycles. The summed E-state index contributed by atoms with van der Waals surface area (Å²) in [6, 6.07) is 5.90. The predicted octanol–water partition coefficient (Wildman–Crippen LogP) is 3.06. The van der Waals surface area contributed by atoms with Crippen LogP contribution in [0.1, 0.15) is 43.7 Å². The Bertz CT molecular complexity index is 1040. The van der Waals surface area contributed by atoms with Crippen molar-refractivity contribution in [3.8, 4) is 0 Å². The summed E-state index contributed by atoms with van der Waals surface area (Å²) in [5, 5.41) is 13.2. The van der Waals surface area contributed by atoms with Crippen molar-refractivity contribution in [1.82, 2.24) is 0 Å². The first-order valence-corrected chi connectivity index (χ1v) is 11.5. The number of fused-ring (bicyclic) bond motifs is 1. The summed E-state index contributed by atoms with van der Waals surface area (Å²) in [7, 11) is -3.28. The van der Waals surface area contributed by atoms with E-state index in [1.165, 1.54) is 17.4 Å². The molecule has 0 radical (unpaired) electrons. The molecule has 3 rings (SSSR count). The molecule has 1 aromatic carbocycles. The lowest BCUT2D eigenvalue weighted by molar-refractivity contribution is -0.111. The van der Waals surface area contributed by atoms with Gasteiger partial charge in [-0.15, -0.1) is 10.2 Å². The van der Waals surface area contributed by atoms with Gasteiger partial charge in [-0.3, -0.25) is 4.79 Å². The largest absolute Gasteiger partial charge is 0.369 e. The van der Waals surface area contributed by atoms with Gasteiger partial charge in [-0.2, -0.15) is 4.99 Å². The van der Waals surface area contributed by atoms with Crippen molar-refractivity contribution in [1.29, 1.82) is 0 Å². The smallest absolute Gasteiger partial charge is 0.303 e. The molecular weight excluding hydrogens is 392 g/mol. The Labute approximate surface area is 170 Å². The maximum atomic E-state index is 12.2. The molecule has 1 unspecified atom stereocenters. The molecule has 0 fully saturated rings. The van der Waals surface area contributed by atoms with E-state index < -0.39 is 21.1 Å². The molecule has 0 aromatic heterocycles. The third kappa shape index (κ3) is 5.20. The van der Waals surface area contributed by atoms with E-state index in [0.717, 1.165) is 12.1 Å². The number of carbonyl (C=O) groups excluding carboxylic acids is 1. The lowest BCUT2D eigenvalue weighted by Gasteiger charge is -2.19. The van der Waals surface area contributed by atoms with Gasteiger partial charge >= 0.3 is 5.91 Å². The molecule has 1 aromatic rings. The second-order valence-electron chi connectivity index (χ2n) is 7.11. The molecule has 2 heterocycles. The summed E-state index contributed by atoms with van der Waals surface area (Å²) >= 11 is 0. The second-order valence-corrected chi connectivity index (χ2v) is 9.34. The zero-order valence-electron chi connectivity index (χ0n) is 16.7. The highest BCUT2D eigenvalue weighted by atomic mass is 32.2. The highest BCUT2D eigenvalue weighted by Gasteiger charge is 2.27. The maximum Gasteiger partial charge on any atom is 0.303 e. The molecule has 1 N–H and O–H groups in total. The summed E-state index contributed by atoms with van der Waals surface area (Å²) in [6.07, 6.45) is 4.31. The number of benzene rings is 1. The normalized spacial score (nSPS) is 16.8. The minimum atomic E-state index is -3.28. The third-order valence-corrected chi connectivity index (χ3v) is 6.24. The van der Waals surface area contributed by atoms with Crippen LogP contribution in [0.25, 0.3) is 0 Å². The minimum absolute atomic E-state index is 0.0691. The van der Waals surface area contributed by atoms with Gasteiger partial charge in [-0.1, -0.05) is 13.0 Å². The molecule has 0 saturated heterocycles. The molecule has 0 spiro atoms. The number of sulfone groups is 1. The molecule has 1 amide bonds. The number of nitrogens with one attached hydrogen (secondary N) is 1. The fourth-order valence-corrected chi connectivity index (χ4v) is 4.12. The summed E-state index contributed by atoms with van der Waals surface area (Å²) in [5.74, 6) is 0.0818. The average molecular weight is 417 g/mol. The number of aryl methyl sites for hydroxylation is 2. The van der Waals surface area contributed by atoms with E-state index in [2.05, 4.69) is 37.7 Å². The van der Waals surface area contributed by atoms with Gasteiger partial charge in [-0.05, 0) is 61.1 Å². The summed E-state index contributed by atoms with van der Waals surface area (Å²) in [4.78, 5) is 19.9. The van der Waals surface area contributed by atoms with Crippen LogP contribution in [-0.2, 0) is 21.1 Å². The molecule has 29 heavy (non-hydrogen) atoms. The van der Waals surface area contributed by atoms with Gasteiger partial charge in [0.15, 0.2) is 9.84 Å². The number of anilines is 1. The van der Waals surface area contributed by atoms with E-state index in [1.54, 1.807) is 0 Å². The van der Waals surface area contributed by atoms with Crippen molar-refractivity contribution < 1.29 is 13.2 Å². The van der Waals surface area contributed by atoms with Crippen LogP contribution in [0.15, 0.2) is 43.6 Å². The van der Waals surface area contributed by atoms with Crippen LogP contribution < -0.4 is 5.32 Å². The van der Waals surface area contributed by atoms with Crippen LogP contribution in [-0.4, -0.2) is 43.3 Å². The summed E-state index contributed by atoms with van der Waals surface area (Å²) in [6.45, 7) is 4.12. The lowest BCUT2D eigenvalue weighted by Crippen LogP contribution is -2.29. The first-order valence-electron chi connectivity index (χ1n) is 9.52. The maximum absolute atomic E-state index is 12.2. The van der Waals surface area contributed by atoms with Crippen LogP contribution in [0.2, 0.25) is 0 Å². The molecular formula is C19H24N6O3S. The van der Waals surface area contributed by atoms with Crippen molar-refractivity contribution in [2.24, 2.45) is 25.4 Å². The van der Waals surface area contributed by atoms with E-state index in [1.807, 2.05) is 25.1 Å². The van der Waals surface area contributed by atoms with Gasteiger partial charge < -0.3 is 5.32 Å². The first kappa shape index (κ1) is 21.0. The van der Waals surface area contributed by atoms with Gasteiger partial charge in [-0.25, -0.2) is 13.4 Å². The Morgan fingerprint density at radius 3 is 2.69 bits per heavy atom. The van der Waals surface area contributed by atoms with Gasteiger partial charge in [0.25, 0.3) is 0 Å². The lowest BCUT2D eigenvalue weighted by atomic mass is 10.1. The third-order valence-electron chi connectivity index (χ3n) is 4.86. The van der Waals surface area contributed by atoms with Gasteiger partial charge in [0.05, 0.1) is 0 Å². The van der Waals surface area contributed by atoms with E-state index in [0.29, 0.717) is 31.5 Å². The molecule has 1 atom stereocenters. The molecule has 9 nitrogen and oxygen atoms in total. The quantitative estimate of drug-likeness (QED) is 0.621. The molecule has 10 heteroatoms. The van der Waals surface area contributed by atoms with Gasteiger partial charge in [0, 0.05) is 18.4 Å². The van der Waals surface area contributed by atoms with Crippen molar-refractivity contribution >= 4 is 38.8 Å². The average Bonchev–Trinajstić information content (AvgIpc) is 3.14. The van der Waals surface area contributed by atoms with E-state index in [4.69, 9.17) is 0 Å². The standard InChI is InChI=1S/C19H24N6O3S/c1-4-13-11-14(10-9-12(13)2)20-16(29(3,27)28)8-6-5-7-15-21-18-17(19(26)22-15)23-25-24-18/h9-11,16,20H,4-8H2,1-3H3. The van der Waals surface area contributed by atoms with Gasteiger partial charge in [0.2, 0.25) is 11.5 Å². The van der Waals surface area contributed by atoms with Crippen molar-refractivity contribution in [3.05, 3.63) is 29.3 Å². The molecule has 0 bridgehead atoms. The number of amidine groups is 2. The Kier molecular flexibility index (Phi) is 6.31. The Hall–Kier alpha value is -2.75. The summed E-state index contributed by atoms with van der Waals surface area (Å²) in [5.41, 5.74) is 3.25. The fourth-order valence-electron chi connectivity index (χ4n) is 3.18. The molecule has 2 aliphatic rings. The van der Waals surface area contributed by atoms with Crippen molar-refractivity contribution in [2.45, 2.75) is 51.3 Å². The fraction of sp³-hybridized carbons (Fsp3) is 0.474. The zero-order valence-corrected chi connectivity index (χ0v) is 17.5. The highest BCUT2D eigenvalue weighted by Crippen LogP contribution is 2.20. The Balaban J connectivity index is 1.57. The monoisotopic (exact) mass is 416 g/mol. The topological polar surface area (TPSA) is 125 Å². The van der Waals surface area contributed by atoms with Crippen LogP contribution in [0, 0.1) is 6.92 Å². The minimum Gasteiger partial charge on any atom is -0.369 e. The highest BCUT2D eigenvalue weighted by molar-refractivity contribution is 7.91. The molecule has 0 saturated carbocycles. The summed E-state index contributed by atoms with van der Waals surface area (Å²) < 4.78 is 24.5. The SMILES string of the molecule is CCc1cc(NC(CCCCC2=NC(=O)C3=NN=NC3=N2)S(C)(=O)=O)ccc1C. The predicted molar refractivity (Wildman–Crippen MR) is 113 cm³/mol. The van der Waals surface area contributed by atoms with Crippen LogP contribution >= 0.6 is 0 Å². The first-order chi connectivity index (χ1) is 13.8. The van der Waals surface area contributed by atoms with Crippen LogP contribution in [0.5, 0.6) is 0 Å². The molecule has 2 aliphatic heterocycles. The van der Waals surface area contributed by atoms with E-state index in [-0.39, 0.29) is 11.5 Å². The van der Waals surface area contributed by atoms with Crippen LogP contribution in [0.4, 0.5) is 5.69 Å². The van der Waals surface area contributed by atoms with Gasteiger partial charge in [0.1, 0.15) is 11.2 Å². The number of carbonyl (C=O) groups is 1. The number of hydrogen-bond acceptors (Lipinski definition) is 8. The van der Waals surface area contributed by atoms with Crippen LogP contribution in [0.3, 0.4) is 0 Å². The number of hydrogen-bond donors (Lipinski definition) is 1. The Morgan fingerprint density at radius 2 is 1.97 bits per heavy atom.